The highest BCUT2D eigenvalue weighted by atomic mass is 16.5. The van der Waals surface area contributed by atoms with Gasteiger partial charge in [0.15, 0.2) is 0 Å². The van der Waals surface area contributed by atoms with Crippen LogP contribution in [0.4, 0.5) is 0 Å². The summed E-state index contributed by atoms with van der Waals surface area (Å²) in [5, 5.41) is 12.8. The van der Waals surface area contributed by atoms with Crippen molar-refractivity contribution in [2.24, 2.45) is 0 Å². The summed E-state index contributed by atoms with van der Waals surface area (Å²) < 4.78 is 4.90. The van der Waals surface area contributed by atoms with Gasteiger partial charge in [0, 0.05) is 32.4 Å². The smallest absolute Gasteiger partial charge is 0.255 e. The van der Waals surface area contributed by atoms with Gasteiger partial charge in [0.25, 0.3) is 5.91 Å². The summed E-state index contributed by atoms with van der Waals surface area (Å²) in [6, 6.07) is 0. The Morgan fingerprint density at radius 2 is 2.12 bits per heavy atom. The first-order valence-corrected chi connectivity index (χ1v) is 5.66. The minimum atomic E-state index is -0.0812. The first-order chi connectivity index (χ1) is 8.16. The number of aromatic nitrogens is 2. The van der Waals surface area contributed by atoms with E-state index in [0.717, 1.165) is 24.5 Å². The first-order valence-electron chi connectivity index (χ1n) is 5.66. The van der Waals surface area contributed by atoms with Crippen LogP contribution >= 0.6 is 0 Å². The minimum absolute atomic E-state index is 0.0812. The molecule has 0 spiro atoms. The first kappa shape index (κ1) is 13.7. The van der Waals surface area contributed by atoms with Gasteiger partial charge in [0.05, 0.1) is 17.9 Å². The van der Waals surface area contributed by atoms with Gasteiger partial charge in [-0.05, 0) is 13.8 Å². The van der Waals surface area contributed by atoms with E-state index in [9.17, 15) is 4.79 Å². The van der Waals surface area contributed by atoms with Crippen molar-refractivity contribution >= 4 is 5.91 Å². The molecule has 1 heterocycles. The number of H-pyrrole nitrogens is 1. The molecule has 6 heteroatoms. The summed E-state index contributed by atoms with van der Waals surface area (Å²) in [5.41, 5.74) is 2.17. The van der Waals surface area contributed by atoms with E-state index in [1.54, 1.807) is 7.11 Å². The second-order valence-electron chi connectivity index (χ2n) is 3.81. The number of nitrogens with zero attached hydrogens (tertiary/aromatic N) is 1. The molecule has 6 nitrogen and oxygen atoms in total. The molecule has 17 heavy (non-hydrogen) atoms. The zero-order valence-electron chi connectivity index (χ0n) is 10.6. The van der Waals surface area contributed by atoms with Crippen LogP contribution in [0.25, 0.3) is 0 Å². The number of carbonyl (C=O) groups is 1. The third kappa shape index (κ3) is 4.16. The quantitative estimate of drug-likeness (QED) is 0.586. The number of ether oxygens (including phenoxy) is 1. The van der Waals surface area contributed by atoms with Gasteiger partial charge in [-0.2, -0.15) is 5.10 Å². The third-order valence-corrected chi connectivity index (χ3v) is 2.43. The van der Waals surface area contributed by atoms with Gasteiger partial charge in [0.1, 0.15) is 0 Å². The Labute approximate surface area is 101 Å². The number of carbonyl (C=O) groups excluding carboxylic acids is 1. The number of rotatable bonds is 7. The van der Waals surface area contributed by atoms with Crippen LogP contribution in [-0.2, 0) is 4.74 Å². The summed E-state index contributed by atoms with van der Waals surface area (Å²) in [6.07, 6.45) is 0. The average Bonchev–Trinajstić information content (AvgIpc) is 2.63. The molecule has 1 aromatic heterocycles. The molecule has 3 N–H and O–H groups in total. The molecule has 0 aliphatic heterocycles. The lowest BCUT2D eigenvalue weighted by Gasteiger charge is -2.06. The lowest BCUT2D eigenvalue weighted by atomic mass is 10.2. The van der Waals surface area contributed by atoms with Crippen molar-refractivity contribution in [1.29, 1.82) is 0 Å². The van der Waals surface area contributed by atoms with Crippen LogP contribution in [0.3, 0.4) is 0 Å². The average molecular weight is 240 g/mol. The number of methoxy groups -OCH3 is 1. The number of amides is 1. The fourth-order valence-electron chi connectivity index (χ4n) is 1.54. The maximum absolute atomic E-state index is 11.8. The highest BCUT2D eigenvalue weighted by Gasteiger charge is 2.13. The van der Waals surface area contributed by atoms with Crippen molar-refractivity contribution in [3.8, 4) is 0 Å². The fourth-order valence-corrected chi connectivity index (χ4v) is 1.54. The molecule has 0 fully saturated rings. The third-order valence-electron chi connectivity index (χ3n) is 2.43. The summed E-state index contributed by atoms with van der Waals surface area (Å²) in [5.74, 6) is -0.0812. The van der Waals surface area contributed by atoms with Crippen molar-refractivity contribution in [1.82, 2.24) is 20.8 Å². The van der Waals surface area contributed by atoms with E-state index in [2.05, 4.69) is 20.8 Å². The van der Waals surface area contributed by atoms with Crippen LogP contribution in [0, 0.1) is 13.8 Å². The molecule has 0 unspecified atom stereocenters. The molecule has 0 saturated carbocycles. The van der Waals surface area contributed by atoms with Crippen molar-refractivity contribution in [3.63, 3.8) is 0 Å². The predicted octanol–water partition coefficient (Wildman–Crippen LogP) is -0.00766. The molecule has 0 radical (unpaired) electrons. The lowest BCUT2D eigenvalue weighted by Crippen LogP contribution is -2.33. The van der Waals surface area contributed by atoms with E-state index in [-0.39, 0.29) is 5.91 Å². The normalized spacial score (nSPS) is 10.5. The molecule has 0 atom stereocenters. The Morgan fingerprint density at radius 3 is 2.71 bits per heavy atom. The molecular formula is C11H20N4O2. The maximum Gasteiger partial charge on any atom is 0.255 e. The van der Waals surface area contributed by atoms with Crippen molar-refractivity contribution in [3.05, 3.63) is 17.0 Å². The molecule has 0 aromatic carbocycles. The van der Waals surface area contributed by atoms with E-state index in [1.165, 1.54) is 0 Å². The zero-order chi connectivity index (χ0) is 12.7. The fraction of sp³-hybridized carbons (Fsp3) is 0.636. The molecule has 0 aliphatic carbocycles. The maximum atomic E-state index is 11.8. The topological polar surface area (TPSA) is 79.0 Å². The van der Waals surface area contributed by atoms with E-state index in [1.807, 2.05) is 13.8 Å². The molecular weight excluding hydrogens is 220 g/mol. The Kier molecular flexibility index (Phi) is 5.65. The molecule has 1 rings (SSSR count). The summed E-state index contributed by atoms with van der Waals surface area (Å²) >= 11 is 0. The Hall–Kier alpha value is -1.40. The zero-order valence-corrected chi connectivity index (χ0v) is 10.6. The molecule has 96 valence electrons. The Balaban J connectivity index is 2.26. The second-order valence-corrected chi connectivity index (χ2v) is 3.81. The van der Waals surface area contributed by atoms with Gasteiger partial charge in [-0.1, -0.05) is 0 Å². The van der Waals surface area contributed by atoms with Crippen LogP contribution < -0.4 is 10.6 Å². The van der Waals surface area contributed by atoms with Crippen LogP contribution in [0.2, 0.25) is 0 Å². The van der Waals surface area contributed by atoms with Gasteiger partial charge in [-0.15, -0.1) is 0 Å². The molecule has 0 saturated heterocycles. The summed E-state index contributed by atoms with van der Waals surface area (Å²) in [7, 11) is 1.66. The van der Waals surface area contributed by atoms with Crippen LogP contribution in [0.1, 0.15) is 21.7 Å². The number of aryl methyl sites for hydroxylation is 2. The highest BCUT2D eigenvalue weighted by molar-refractivity contribution is 5.96. The standard InChI is InChI=1S/C11H20N4O2/c1-8-10(9(2)15-14-8)11(16)13-5-4-12-6-7-17-3/h12H,4-7H2,1-3H3,(H,13,16)(H,14,15). The number of hydrogen-bond donors (Lipinski definition) is 3. The van der Waals surface area contributed by atoms with Crippen LogP contribution in [-0.4, -0.2) is 49.5 Å². The van der Waals surface area contributed by atoms with Crippen LogP contribution in [0.5, 0.6) is 0 Å². The van der Waals surface area contributed by atoms with Crippen molar-refractivity contribution in [2.75, 3.05) is 33.4 Å². The van der Waals surface area contributed by atoms with Gasteiger partial charge >= 0.3 is 0 Å². The Bertz CT molecular complexity index is 343. The van der Waals surface area contributed by atoms with E-state index >= 15 is 0 Å². The van der Waals surface area contributed by atoms with E-state index in [0.29, 0.717) is 18.7 Å². The predicted molar refractivity (Wildman–Crippen MR) is 65.1 cm³/mol. The van der Waals surface area contributed by atoms with E-state index < -0.39 is 0 Å². The molecule has 1 amide bonds. The molecule has 0 bridgehead atoms. The van der Waals surface area contributed by atoms with Crippen molar-refractivity contribution in [2.45, 2.75) is 13.8 Å². The second kappa shape index (κ2) is 7.03. The minimum Gasteiger partial charge on any atom is -0.383 e. The van der Waals surface area contributed by atoms with Gasteiger partial charge in [-0.25, -0.2) is 0 Å². The monoisotopic (exact) mass is 240 g/mol. The summed E-state index contributed by atoms with van der Waals surface area (Å²) in [6.45, 7) is 6.43. The number of aromatic amines is 1. The van der Waals surface area contributed by atoms with Crippen LogP contribution in [0.15, 0.2) is 0 Å². The summed E-state index contributed by atoms with van der Waals surface area (Å²) in [4.78, 5) is 11.8. The van der Waals surface area contributed by atoms with Gasteiger partial charge in [-0.3, -0.25) is 9.89 Å². The molecule has 1 aromatic rings. The van der Waals surface area contributed by atoms with Gasteiger partial charge < -0.3 is 15.4 Å². The van der Waals surface area contributed by atoms with Gasteiger partial charge in [0.2, 0.25) is 0 Å². The SMILES string of the molecule is COCCNCCNC(=O)c1c(C)n[nH]c1C. The number of nitrogens with one attached hydrogen (secondary N) is 3. The largest absolute Gasteiger partial charge is 0.383 e. The van der Waals surface area contributed by atoms with E-state index in [4.69, 9.17) is 4.74 Å². The number of hydrogen-bond acceptors (Lipinski definition) is 4. The lowest BCUT2D eigenvalue weighted by molar-refractivity contribution is 0.0952. The van der Waals surface area contributed by atoms with Crippen molar-refractivity contribution < 1.29 is 9.53 Å². The molecule has 0 aliphatic rings. The Morgan fingerprint density at radius 1 is 1.35 bits per heavy atom. The highest BCUT2D eigenvalue weighted by Crippen LogP contribution is 2.08.